The van der Waals surface area contributed by atoms with Crippen molar-refractivity contribution in [1.29, 1.82) is 0 Å². The van der Waals surface area contributed by atoms with Gasteiger partial charge in [-0.2, -0.15) is 5.10 Å². The molecule has 0 aliphatic carbocycles. The number of carbonyl (C=O) groups is 1. The molecule has 2 aromatic rings. The van der Waals surface area contributed by atoms with Crippen LogP contribution < -0.4 is 5.73 Å². The van der Waals surface area contributed by atoms with E-state index in [1.54, 1.807) is 10.9 Å². The number of carboxylic acids is 1. The van der Waals surface area contributed by atoms with Gasteiger partial charge in [-0.05, 0) is 18.9 Å². The Bertz CT molecular complexity index is 561. The lowest BCUT2D eigenvalue weighted by molar-refractivity contribution is -0.143. The Hall–Kier alpha value is -2.14. The number of hydrogen-bond acceptors (Lipinski definition) is 3. The number of aromatic nitrogens is 2. The fourth-order valence-electron chi connectivity index (χ4n) is 1.72. The van der Waals surface area contributed by atoms with Gasteiger partial charge in [0, 0.05) is 18.3 Å². The molecule has 1 aromatic carbocycles. The van der Waals surface area contributed by atoms with E-state index in [1.165, 1.54) is 6.92 Å². The summed E-state index contributed by atoms with van der Waals surface area (Å²) in [6.45, 7) is 1.99. The van der Waals surface area contributed by atoms with Crippen molar-refractivity contribution in [3.8, 4) is 11.1 Å². The summed E-state index contributed by atoms with van der Waals surface area (Å²) in [5.41, 5.74) is 6.56. The Kier molecular flexibility index (Phi) is 3.66. The minimum Gasteiger partial charge on any atom is -0.480 e. The number of nitrogens with zero attached hydrogens (tertiary/aromatic N) is 2. The third kappa shape index (κ3) is 3.20. The fraction of sp³-hybridized carbons (Fsp3) is 0.286. The highest BCUT2D eigenvalue weighted by Crippen LogP contribution is 2.18. The first-order valence-electron chi connectivity index (χ1n) is 6.09. The molecule has 0 aliphatic heterocycles. The lowest BCUT2D eigenvalue weighted by atomic mass is 10.00. The maximum absolute atomic E-state index is 10.9. The first kappa shape index (κ1) is 13.3. The highest BCUT2D eigenvalue weighted by atomic mass is 16.4. The molecular formula is C14H17N3O2. The van der Waals surface area contributed by atoms with Crippen LogP contribution in [-0.4, -0.2) is 26.4 Å². The predicted octanol–water partition coefficient (Wildman–Crippen LogP) is 1.74. The minimum atomic E-state index is -1.22. The smallest absolute Gasteiger partial charge is 0.323 e. The third-order valence-corrected chi connectivity index (χ3v) is 3.09. The molecule has 1 aromatic heterocycles. The lowest BCUT2D eigenvalue weighted by Gasteiger charge is -2.18. The van der Waals surface area contributed by atoms with Gasteiger partial charge in [0.2, 0.25) is 0 Å². The van der Waals surface area contributed by atoms with E-state index in [0.717, 1.165) is 11.1 Å². The highest BCUT2D eigenvalue weighted by Gasteiger charge is 2.27. The molecule has 0 fully saturated rings. The summed E-state index contributed by atoms with van der Waals surface area (Å²) >= 11 is 0. The summed E-state index contributed by atoms with van der Waals surface area (Å²) in [7, 11) is 0. The molecule has 5 heteroatoms. The summed E-state index contributed by atoms with van der Waals surface area (Å²) < 4.78 is 1.72. The normalized spacial score (nSPS) is 14.0. The molecule has 19 heavy (non-hydrogen) atoms. The van der Waals surface area contributed by atoms with Crippen LogP contribution in [-0.2, 0) is 11.3 Å². The molecule has 0 radical (unpaired) electrons. The summed E-state index contributed by atoms with van der Waals surface area (Å²) in [5, 5.41) is 13.2. The standard InChI is InChI=1S/C14H17N3O2/c1-14(15,13(18)19)7-8-17-10-12(9-16-17)11-5-3-2-4-6-11/h2-6,9-10H,7-8,15H2,1H3,(H,18,19). The number of nitrogens with two attached hydrogens (primary N) is 1. The average molecular weight is 259 g/mol. The second-order valence-electron chi connectivity index (χ2n) is 4.83. The van der Waals surface area contributed by atoms with Crippen molar-refractivity contribution in [3.63, 3.8) is 0 Å². The van der Waals surface area contributed by atoms with Crippen molar-refractivity contribution in [2.45, 2.75) is 25.4 Å². The van der Waals surface area contributed by atoms with E-state index in [1.807, 2.05) is 36.5 Å². The number of aryl methyl sites for hydroxylation is 1. The van der Waals surface area contributed by atoms with Gasteiger partial charge in [0.15, 0.2) is 0 Å². The Labute approximate surface area is 111 Å². The van der Waals surface area contributed by atoms with Gasteiger partial charge in [-0.15, -0.1) is 0 Å². The van der Waals surface area contributed by atoms with Crippen molar-refractivity contribution in [2.24, 2.45) is 5.73 Å². The van der Waals surface area contributed by atoms with E-state index < -0.39 is 11.5 Å². The first-order chi connectivity index (χ1) is 8.99. The molecule has 1 atom stereocenters. The van der Waals surface area contributed by atoms with Crippen molar-refractivity contribution < 1.29 is 9.90 Å². The van der Waals surface area contributed by atoms with Crippen LogP contribution in [0.4, 0.5) is 0 Å². The van der Waals surface area contributed by atoms with E-state index >= 15 is 0 Å². The molecule has 0 aliphatic rings. The molecule has 1 unspecified atom stereocenters. The van der Waals surface area contributed by atoms with E-state index in [9.17, 15) is 4.79 Å². The van der Waals surface area contributed by atoms with Gasteiger partial charge in [-0.25, -0.2) is 0 Å². The van der Waals surface area contributed by atoms with Crippen LogP contribution in [0, 0.1) is 0 Å². The Morgan fingerprint density at radius 2 is 2.05 bits per heavy atom. The molecule has 2 rings (SSSR count). The maximum Gasteiger partial charge on any atom is 0.323 e. The molecule has 5 nitrogen and oxygen atoms in total. The summed E-state index contributed by atoms with van der Waals surface area (Å²) in [6, 6.07) is 9.90. The quantitative estimate of drug-likeness (QED) is 0.857. The highest BCUT2D eigenvalue weighted by molar-refractivity contribution is 5.77. The zero-order valence-corrected chi connectivity index (χ0v) is 10.8. The monoisotopic (exact) mass is 259 g/mol. The van der Waals surface area contributed by atoms with Crippen molar-refractivity contribution in [1.82, 2.24) is 9.78 Å². The molecule has 0 saturated heterocycles. The second-order valence-corrected chi connectivity index (χ2v) is 4.83. The topological polar surface area (TPSA) is 81.1 Å². The number of carboxylic acid groups (broad SMARTS) is 1. The summed E-state index contributed by atoms with van der Waals surface area (Å²) in [4.78, 5) is 10.9. The van der Waals surface area contributed by atoms with Crippen LogP contribution in [0.1, 0.15) is 13.3 Å². The first-order valence-corrected chi connectivity index (χ1v) is 6.09. The second kappa shape index (κ2) is 5.24. The number of aliphatic carboxylic acids is 1. The number of benzene rings is 1. The average Bonchev–Trinajstić information content (AvgIpc) is 2.86. The lowest BCUT2D eigenvalue weighted by Crippen LogP contribution is -2.45. The van der Waals surface area contributed by atoms with Gasteiger partial charge < -0.3 is 10.8 Å². The number of hydrogen-bond donors (Lipinski definition) is 2. The molecule has 0 bridgehead atoms. The largest absolute Gasteiger partial charge is 0.480 e. The predicted molar refractivity (Wildman–Crippen MR) is 72.5 cm³/mol. The Morgan fingerprint density at radius 3 is 2.68 bits per heavy atom. The Morgan fingerprint density at radius 1 is 1.37 bits per heavy atom. The van der Waals surface area contributed by atoms with Crippen molar-refractivity contribution in [2.75, 3.05) is 0 Å². The molecular weight excluding hydrogens is 242 g/mol. The van der Waals surface area contributed by atoms with Crippen LogP contribution >= 0.6 is 0 Å². The fourth-order valence-corrected chi connectivity index (χ4v) is 1.72. The molecule has 0 amide bonds. The maximum atomic E-state index is 10.9. The van der Waals surface area contributed by atoms with Gasteiger partial charge >= 0.3 is 5.97 Å². The molecule has 100 valence electrons. The van der Waals surface area contributed by atoms with Gasteiger partial charge in [-0.1, -0.05) is 30.3 Å². The molecule has 0 saturated carbocycles. The van der Waals surface area contributed by atoms with Crippen LogP contribution in [0.25, 0.3) is 11.1 Å². The van der Waals surface area contributed by atoms with E-state index in [-0.39, 0.29) is 0 Å². The zero-order valence-electron chi connectivity index (χ0n) is 10.8. The van der Waals surface area contributed by atoms with Crippen molar-refractivity contribution >= 4 is 5.97 Å². The Balaban J connectivity index is 2.05. The van der Waals surface area contributed by atoms with Gasteiger partial charge in [0.05, 0.1) is 6.20 Å². The zero-order chi connectivity index (χ0) is 13.9. The van der Waals surface area contributed by atoms with Gasteiger partial charge in [0.25, 0.3) is 0 Å². The van der Waals surface area contributed by atoms with Crippen LogP contribution in [0.15, 0.2) is 42.7 Å². The van der Waals surface area contributed by atoms with E-state index in [4.69, 9.17) is 10.8 Å². The SMILES string of the molecule is CC(N)(CCn1cc(-c2ccccc2)cn1)C(=O)O. The van der Waals surface area contributed by atoms with Gasteiger partial charge in [0.1, 0.15) is 5.54 Å². The van der Waals surface area contributed by atoms with E-state index in [0.29, 0.717) is 13.0 Å². The number of rotatable bonds is 5. The van der Waals surface area contributed by atoms with Gasteiger partial charge in [-0.3, -0.25) is 9.48 Å². The van der Waals surface area contributed by atoms with Crippen LogP contribution in [0.3, 0.4) is 0 Å². The summed E-state index contributed by atoms with van der Waals surface area (Å²) in [5.74, 6) is -0.997. The third-order valence-electron chi connectivity index (χ3n) is 3.09. The molecule has 1 heterocycles. The molecule has 3 N–H and O–H groups in total. The molecule has 0 spiro atoms. The van der Waals surface area contributed by atoms with Crippen molar-refractivity contribution in [3.05, 3.63) is 42.7 Å². The minimum absolute atomic E-state index is 0.332. The van der Waals surface area contributed by atoms with E-state index in [2.05, 4.69) is 5.10 Å². The summed E-state index contributed by atoms with van der Waals surface area (Å²) in [6.07, 6.45) is 4.00. The van der Waals surface area contributed by atoms with Crippen LogP contribution in [0.2, 0.25) is 0 Å². The van der Waals surface area contributed by atoms with Crippen LogP contribution in [0.5, 0.6) is 0 Å².